The van der Waals surface area contributed by atoms with E-state index in [0.29, 0.717) is 41.6 Å². The van der Waals surface area contributed by atoms with Crippen LogP contribution in [0.4, 0.5) is 5.82 Å². The minimum atomic E-state index is -0.199. The van der Waals surface area contributed by atoms with Gasteiger partial charge in [0.2, 0.25) is 0 Å². The van der Waals surface area contributed by atoms with Crippen LogP contribution in [0.3, 0.4) is 0 Å². The van der Waals surface area contributed by atoms with Crippen LogP contribution in [0.1, 0.15) is 0 Å². The van der Waals surface area contributed by atoms with Crippen molar-refractivity contribution in [2.45, 2.75) is 0 Å². The van der Waals surface area contributed by atoms with E-state index in [4.69, 9.17) is 4.74 Å². The summed E-state index contributed by atoms with van der Waals surface area (Å²) in [5.74, 6) is 1.33. The van der Waals surface area contributed by atoms with Crippen molar-refractivity contribution in [2.75, 3.05) is 25.0 Å². The summed E-state index contributed by atoms with van der Waals surface area (Å²) in [7, 11) is 1.93. The summed E-state index contributed by atoms with van der Waals surface area (Å²) in [6.45, 7) is 0.849. The molecule has 3 N–H and O–H groups in total. The molecule has 0 aliphatic rings. The molecule has 0 unspecified atom stereocenters. The average Bonchev–Trinajstić information content (AvgIpc) is 3.17. The second-order valence-corrected chi connectivity index (χ2v) is 6.99. The summed E-state index contributed by atoms with van der Waals surface area (Å²) >= 11 is 0. The van der Waals surface area contributed by atoms with Gasteiger partial charge in [0, 0.05) is 30.9 Å². The maximum absolute atomic E-state index is 12.0. The number of amides is 1. The van der Waals surface area contributed by atoms with E-state index in [-0.39, 0.29) is 18.3 Å². The van der Waals surface area contributed by atoms with Crippen LogP contribution < -0.4 is 20.8 Å². The van der Waals surface area contributed by atoms with Crippen molar-refractivity contribution in [1.29, 1.82) is 0 Å². The van der Waals surface area contributed by atoms with Crippen LogP contribution >= 0.6 is 0 Å². The minimum Gasteiger partial charge on any atom is -0.507 e. The topological polar surface area (TPSA) is 101 Å². The normalized spacial score (nSPS) is 10.7. The van der Waals surface area contributed by atoms with Gasteiger partial charge in [-0.2, -0.15) is 9.61 Å². The van der Waals surface area contributed by atoms with Crippen LogP contribution in [0.2, 0.25) is 0 Å². The van der Waals surface area contributed by atoms with Gasteiger partial charge in [-0.3, -0.25) is 4.79 Å². The third-order valence-corrected chi connectivity index (χ3v) is 4.69. The number of aromatic nitrogens is 3. The van der Waals surface area contributed by atoms with Gasteiger partial charge in [0.1, 0.15) is 25.2 Å². The second-order valence-electron chi connectivity index (χ2n) is 6.99. The number of hydrogen-bond acceptors (Lipinski definition) is 6. The van der Waals surface area contributed by atoms with Gasteiger partial charge in [-0.15, -0.1) is 0 Å². The van der Waals surface area contributed by atoms with Gasteiger partial charge in [-0.05, 0) is 29.7 Å². The molecule has 0 radical (unpaired) electrons. The third-order valence-electron chi connectivity index (χ3n) is 4.69. The van der Waals surface area contributed by atoms with Crippen LogP contribution in [0.15, 0.2) is 66.9 Å². The van der Waals surface area contributed by atoms with Crippen molar-refractivity contribution < 1.29 is 14.6 Å². The molecular weight excluding hydrogens is 393 g/mol. The van der Waals surface area contributed by atoms with E-state index < -0.39 is 0 Å². The number of phenolic OH excluding ortho intramolecular Hbond substituents is 1. The number of carbonyl (C=O) groups is 1. The highest BCUT2D eigenvalue weighted by atomic mass is 16.5. The number of phenols is 1. The number of rotatable bonds is 8. The molecule has 156 valence electrons. The Bertz CT molecular complexity index is 1200. The summed E-state index contributed by atoms with van der Waals surface area (Å²) in [6.07, 6.45) is 1.74. The molecule has 4 aromatic rings. The molecule has 8 nitrogen and oxygen atoms in total. The lowest BCUT2D eigenvalue weighted by molar-refractivity contribution is -0.123. The highest BCUT2D eigenvalue weighted by Crippen LogP contribution is 2.29. The van der Waals surface area contributed by atoms with Crippen LogP contribution in [0.25, 0.3) is 16.9 Å². The smallest absolute Gasteiger partial charge is 0.258 e. The number of carbonyl (C=O) groups excluding carboxylic acids is 1. The molecule has 0 bridgehead atoms. The van der Waals surface area contributed by atoms with Gasteiger partial charge in [-0.25, -0.2) is 4.98 Å². The highest BCUT2D eigenvalue weighted by molar-refractivity contribution is 6.36. The summed E-state index contributed by atoms with van der Waals surface area (Å²) in [4.78, 5) is 16.7. The molecule has 2 aromatic heterocycles. The number of anilines is 1. The standard InChI is InChI=1S/C22H22BN5O3/c23-17-13-26-28-20(12-18(27-22(17)28)16-8-4-5-9-19(16)29)24-10-11-25-21(30)14-31-15-6-2-1-3-7-15/h1-9,12-13,24,29H,10-11,14,23H2,(H,25,30). The lowest BCUT2D eigenvalue weighted by Gasteiger charge is -2.12. The molecule has 0 aliphatic carbocycles. The van der Waals surface area contributed by atoms with Crippen LogP contribution in [0, 0.1) is 0 Å². The molecule has 0 aliphatic heterocycles. The van der Waals surface area contributed by atoms with Crippen molar-refractivity contribution in [3.63, 3.8) is 0 Å². The predicted molar refractivity (Wildman–Crippen MR) is 122 cm³/mol. The summed E-state index contributed by atoms with van der Waals surface area (Å²) in [6, 6.07) is 18.1. The maximum Gasteiger partial charge on any atom is 0.258 e. The first kappa shape index (κ1) is 20.3. The Morgan fingerprint density at radius 1 is 1.10 bits per heavy atom. The maximum atomic E-state index is 12.0. The van der Waals surface area contributed by atoms with Crippen molar-refractivity contribution in [3.8, 4) is 22.8 Å². The number of nitrogens with zero attached hydrogens (tertiary/aromatic N) is 3. The summed E-state index contributed by atoms with van der Waals surface area (Å²) < 4.78 is 7.15. The molecule has 1 amide bonds. The SMILES string of the molecule is Bc1cnn2c(NCCNC(=O)COc3ccccc3)cc(-c3ccccc3O)nc12. The van der Waals surface area contributed by atoms with Crippen molar-refractivity contribution in [3.05, 3.63) is 66.9 Å². The van der Waals surface area contributed by atoms with Crippen LogP contribution in [-0.4, -0.2) is 53.2 Å². The van der Waals surface area contributed by atoms with Crippen molar-refractivity contribution in [2.24, 2.45) is 0 Å². The Morgan fingerprint density at radius 2 is 1.87 bits per heavy atom. The zero-order valence-corrected chi connectivity index (χ0v) is 17.1. The zero-order valence-electron chi connectivity index (χ0n) is 17.1. The first-order chi connectivity index (χ1) is 15.1. The lowest BCUT2D eigenvalue weighted by Crippen LogP contribution is -2.33. The number of benzene rings is 2. The Hall–Kier alpha value is -4.01. The molecule has 2 aromatic carbocycles. The molecular formula is C22H22BN5O3. The fourth-order valence-electron chi connectivity index (χ4n) is 3.14. The molecule has 4 rings (SSSR count). The van der Waals surface area contributed by atoms with Crippen LogP contribution in [-0.2, 0) is 4.79 Å². The van der Waals surface area contributed by atoms with Gasteiger partial charge < -0.3 is 20.5 Å². The largest absolute Gasteiger partial charge is 0.507 e. The predicted octanol–water partition coefficient (Wildman–Crippen LogP) is 0.967. The summed E-state index contributed by atoms with van der Waals surface area (Å²) in [5.41, 5.74) is 2.90. The van der Waals surface area contributed by atoms with Gasteiger partial charge >= 0.3 is 0 Å². The quantitative estimate of drug-likeness (QED) is 0.293. The van der Waals surface area contributed by atoms with Crippen molar-refractivity contribution >= 4 is 30.7 Å². The minimum absolute atomic E-state index is 0.0424. The molecule has 0 saturated carbocycles. The highest BCUT2D eigenvalue weighted by Gasteiger charge is 2.12. The number of hydrogen-bond donors (Lipinski definition) is 3. The molecule has 0 atom stereocenters. The van der Waals surface area contributed by atoms with E-state index in [2.05, 4.69) is 20.7 Å². The van der Waals surface area contributed by atoms with E-state index in [9.17, 15) is 9.90 Å². The van der Waals surface area contributed by atoms with E-state index >= 15 is 0 Å². The van der Waals surface area contributed by atoms with Gasteiger partial charge in [0.05, 0.1) is 5.69 Å². The Labute approximate surface area is 180 Å². The fourth-order valence-corrected chi connectivity index (χ4v) is 3.14. The van der Waals surface area contributed by atoms with Crippen molar-refractivity contribution in [1.82, 2.24) is 19.9 Å². The summed E-state index contributed by atoms with van der Waals surface area (Å²) in [5, 5.41) is 20.7. The molecule has 9 heteroatoms. The average molecular weight is 415 g/mol. The number of para-hydroxylation sites is 2. The van der Waals surface area contributed by atoms with E-state index in [1.54, 1.807) is 35.0 Å². The number of ether oxygens (including phenoxy) is 1. The molecule has 0 fully saturated rings. The molecule has 2 heterocycles. The van der Waals surface area contributed by atoms with Crippen LogP contribution in [0.5, 0.6) is 11.5 Å². The van der Waals surface area contributed by atoms with Gasteiger partial charge in [-0.1, -0.05) is 30.3 Å². The van der Waals surface area contributed by atoms with Gasteiger partial charge in [0.25, 0.3) is 5.91 Å². The number of fused-ring (bicyclic) bond motifs is 1. The van der Waals surface area contributed by atoms with E-state index in [1.165, 1.54) is 0 Å². The van der Waals surface area contributed by atoms with Gasteiger partial charge in [0.15, 0.2) is 12.3 Å². The zero-order chi connectivity index (χ0) is 21.6. The first-order valence-corrected chi connectivity index (χ1v) is 9.94. The molecule has 31 heavy (non-hydrogen) atoms. The fraction of sp³-hybridized carbons (Fsp3) is 0.136. The Balaban J connectivity index is 1.40. The third kappa shape index (κ3) is 4.77. The monoisotopic (exact) mass is 415 g/mol. The first-order valence-electron chi connectivity index (χ1n) is 9.94. The van der Waals surface area contributed by atoms with E-state index in [0.717, 1.165) is 5.46 Å². The Morgan fingerprint density at radius 3 is 2.68 bits per heavy atom. The lowest BCUT2D eigenvalue weighted by atomic mass is 10.0. The second kappa shape index (κ2) is 9.21. The van der Waals surface area contributed by atoms with E-state index in [1.807, 2.05) is 44.2 Å². The number of aromatic hydroxyl groups is 1. The Kier molecular flexibility index (Phi) is 6.02. The molecule has 0 spiro atoms. The molecule has 0 saturated heterocycles. The number of nitrogens with one attached hydrogen (secondary N) is 2.